The summed E-state index contributed by atoms with van der Waals surface area (Å²) in [6.45, 7) is 0.466. The fraction of sp³-hybridized carbons (Fsp3) is 0.182. The molecule has 0 saturated heterocycles. The molecule has 1 aromatic carbocycles. The number of hydrogen-bond acceptors (Lipinski definition) is 4. The standard InChI is InChI=1S/C11H11ClN4O2/c1-15-5-4-11(14-15)13-7-8-2-3-9(16(17)18)6-10(8)12/h2-6H,7H2,1H3,(H,13,14). The van der Waals surface area contributed by atoms with Gasteiger partial charge in [-0.3, -0.25) is 14.8 Å². The van der Waals surface area contributed by atoms with Gasteiger partial charge in [0, 0.05) is 38.0 Å². The Bertz CT molecular complexity index is 582. The van der Waals surface area contributed by atoms with E-state index in [0.29, 0.717) is 11.6 Å². The number of rotatable bonds is 4. The van der Waals surface area contributed by atoms with Gasteiger partial charge in [-0.25, -0.2) is 0 Å². The third kappa shape index (κ3) is 2.78. The number of hydrogen-bond donors (Lipinski definition) is 1. The van der Waals surface area contributed by atoms with E-state index in [4.69, 9.17) is 11.6 Å². The van der Waals surface area contributed by atoms with E-state index in [1.54, 1.807) is 10.7 Å². The zero-order valence-corrected chi connectivity index (χ0v) is 10.4. The Labute approximate surface area is 108 Å². The summed E-state index contributed by atoms with van der Waals surface area (Å²) >= 11 is 5.97. The Kier molecular flexibility index (Phi) is 3.47. The van der Waals surface area contributed by atoms with Gasteiger partial charge in [-0.2, -0.15) is 5.10 Å². The molecule has 0 radical (unpaired) electrons. The summed E-state index contributed by atoms with van der Waals surface area (Å²) in [6.07, 6.45) is 1.82. The van der Waals surface area contributed by atoms with Crippen LogP contribution in [0.15, 0.2) is 30.5 Å². The third-order valence-electron chi connectivity index (χ3n) is 2.42. The molecule has 0 aliphatic heterocycles. The number of anilines is 1. The van der Waals surface area contributed by atoms with Gasteiger partial charge >= 0.3 is 0 Å². The van der Waals surface area contributed by atoms with Crippen LogP contribution in [0.5, 0.6) is 0 Å². The van der Waals surface area contributed by atoms with E-state index in [1.165, 1.54) is 12.1 Å². The van der Waals surface area contributed by atoms with Crippen LogP contribution < -0.4 is 5.32 Å². The number of nitro groups is 1. The van der Waals surface area contributed by atoms with Crippen LogP contribution in [0.25, 0.3) is 0 Å². The number of nitrogens with zero attached hydrogens (tertiary/aromatic N) is 3. The fourth-order valence-corrected chi connectivity index (χ4v) is 1.73. The number of nitrogens with one attached hydrogen (secondary N) is 1. The molecule has 0 spiro atoms. The average Bonchev–Trinajstić information content (AvgIpc) is 2.73. The molecule has 0 unspecified atom stereocenters. The van der Waals surface area contributed by atoms with Gasteiger partial charge in [-0.15, -0.1) is 0 Å². The van der Waals surface area contributed by atoms with Crippen LogP contribution >= 0.6 is 11.6 Å². The number of aromatic nitrogens is 2. The van der Waals surface area contributed by atoms with Crippen LogP contribution in [0, 0.1) is 10.1 Å². The average molecular weight is 267 g/mol. The number of halogens is 1. The van der Waals surface area contributed by atoms with Gasteiger partial charge in [-0.1, -0.05) is 11.6 Å². The first kappa shape index (κ1) is 12.4. The maximum atomic E-state index is 10.6. The second-order valence-electron chi connectivity index (χ2n) is 3.76. The zero-order valence-electron chi connectivity index (χ0n) is 9.63. The quantitative estimate of drug-likeness (QED) is 0.682. The van der Waals surface area contributed by atoms with Gasteiger partial charge in [0.2, 0.25) is 0 Å². The summed E-state index contributed by atoms with van der Waals surface area (Å²) in [5.74, 6) is 0.729. The highest BCUT2D eigenvalue weighted by molar-refractivity contribution is 6.31. The Hall–Kier alpha value is -2.08. The highest BCUT2D eigenvalue weighted by Gasteiger charge is 2.09. The molecule has 6 nitrogen and oxygen atoms in total. The minimum absolute atomic E-state index is 0.0124. The summed E-state index contributed by atoms with van der Waals surface area (Å²) in [6, 6.07) is 6.24. The van der Waals surface area contributed by atoms with Gasteiger partial charge < -0.3 is 5.32 Å². The number of non-ortho nitro benzene ring substituents is 1. The number of benzene rings is 1. The lowest BCUT2D eigenvalue weighted by molar-refractivity contribution is -0.384. The van der Waals surface area contributed by atoms with E-state index < -0.39 is 4.92 Å². The molecule has 2 aromatic rings. The highest BCUT2D eigenvalue weighted by Crippen LogP contribution is 2.23. The van der Waals surface area contributed by atoms with Gasteiger partial charge in [0.1, 0.15) is 5.82 Å². The number of aryl methyl sites for hydroxylation is 1. The minimum Gasteiger partial charge on any atom is -0.364 e. The molecule has 2 rings (SSSR count). The van der Waals surface area contributed by atoms with Crippen molar-refractivity contribution in [3.05, 3.63) is 51.2 Å². The van der Waals surface area contributed by atoms with Crippen molar-refractivity contribution < 1.29 is 4.92 Å². The minimum atomic E-state index is -0.470. The highest BCUT2D eigenvalue weighted by atomic mass is 35.5. The lowest BCUT2D eigenvalue weighted by Gasteiger charge is -2.05. The first-order valence-electron chi connectivity index (χ1n) is 5.22. The molecular formula is C11H11ClN4O2. The lowest BCUT2D eigenvalue weighted by Crippen LogP contribution is -2.02. The van der Waals surface area contributed by atoms with E-state index >= 15 is 0 Å². The van der Waals surface area contributed by atoms with E-state index in [-0.39, 0.29) is 5.69 Å². The Morgan fingerprint density at radius 3 is 2.83 bits per heavy atom. The largest absolute Gasteiger partial charge is 0.364 e. The summed E-state index contributed by atoms with van der Waals surface area (Å²) in [7, 11) is 1.82. The van der Waals surface area contributed by atoms with E-state index in [0.717, 1.165) is 11.4 Å². The summed E-state index contributed by atoms with van der Waals surface area (Å²) < 4.78 is 1.68. The second kappa shape index (κ2) is 5.05. The van der Waals surface area contributed by atoms with Crippen LogP contribution in [0.2, 0.25) is 5.02 Å². The maximum absolute atomic E-state index is 10.6. The van der Waals surface area contributed by atoms with E-state index in [1.807, 2.05) is 19.3 Å². The first-order chi connectivity index (χ1) is 8.56. The SMILES string of the molecule is Cn1ccc(NCc2ccc([N+](=O)[O-])cc2Cl)n1. The topological polar surface area (TPSA) is 73.0 Å². The Morgan fingerprint density at radius 1 is 1.50 bits per heavy atom. The van der Waals surface area contributed by atoms with Crippen LogP contribution in [-0.4, -0.2) is 14.7 Å². The molecule has 0 fully saturated rings. The normalized spacial score (nSPS) is 10.3. The lowest BCUT2D eigenvalue weighted by atomic mass is 10.2. The monoisotopic (exact) mass is 266 g/mol. The van der Waals surface area contributed by atoms with Crippen molar-refractivity contribution in [3.8, 4) is 0 Å². The van der Waals surface area contributed by atoms with Gasteiger partial charge in [0.25, 0.3) is 5.69 Å². The smallest absolute Gasteiger partial charge is 0.270 e. The molecular weight excluding hydrogens is 256 g/mol. The van der Waals surface area contributed by atoms with Crippen molar-refractivity contribution in [2.24, 2.45) is 7.05 Å². The van der Waals surface area contributed by atoms with Crippen molar-refractivity contribution >= 4 is 23.1 Å². The van der Waals surface area contributed by atoms with Crippen molar-refractivity contribution in [1.29, 1.82) is 0 Å². The van der Waals surface area contributed by atoms with Crippen molar-refractivity contribution in [1.82, 2.24) is 9.78 Å². The molecule has 0 aliphatic carbocycles. The molecule has 0 bridgehead atoms. The first-order valence-corrected chi connectivity index (χ1v) is 5.60. The molecule has 1 N–H and O–H groups in total. The summed E-state index contributed by atoms with van der Waals surface area (Å²) in [5.41, 5.74) is 0.773. The van der Waals surface area contributed by atoms with Crippen LogP contribution in [-0.2, 0) is 13.6 Å². The number of nitro benzene ring substituents is 1. The molecule has 0 aliphatic rings. The van der Waals surface area contributed by atoms with E-state index in [9.17, 15) is 10.1 Å². The maximum Gasteiger partial charge on any atom is 0.270 e. The Morgan fingerprint density at radius 2 is 2.28 bits per heavy atom. The van der Waals surface area contributed by atoms with Crippen molar-refractivity contribution in [2.45, 2.75) is 6.54 Å². The summed E-state index contributed by atoms with van der Waals surface area (Å²) in [4.78, 5) is 10.1. The van der Waals surface area contributed by atoms with Crippen LogP contribution in [0.1, 0.15) is 5.56 Å². The second-order valence-corrected chi connectivity index (χ2v) is 4.17. The van der Waals surface area contributed by atoms with Crippen LogP contribution in [0.4, 0.5) is 11.5 Å². The third-order valence-corrected chi connectivity index (χ3v) is 2.77. The van der Waals surface area contributed by atoms with E-state index in [2.05, 4.69) is 10.4 Å². The molecule has 0 saturated carbocycles. The molecule has 1 aromatic heterocycles. The molecule has 18 heavy (non-hydrogen) atoms. The Balaban J connectivity index is 2.08. The summed E-state index contributed by atoms with van der Waals surface area (Å²) in [5, 5.41) is 18.2. The molecule has 7 heteroatoms. The zero-order chi connectivity index (χ0) is 13.1. The predicted molar refractivity (Wildman–Crippen MR) is 68.6 cm³/mol. The van der Waals surface area contributed by atoms with Crippen LogP contribution in [0.3, 0.4) is 0 Å². The molecule has 94 valence electrons. The van der Waals surface area contributed by atoms with Gasteiger partial charge in [0.05, 0.1) is 9.95 Å². The molecule has 0 atom stereocenters. The predicted octanol–water partition coefficient (Wildman–Crippen LogP) is 2.59. The fourth-order valence-electron chi connectivity index (χ4n) is 1.49. The van der Waals surface area contributed by atoms with Gasteiger partial charge in [-0.05, 0) is 11.6 Å². The van der Waals surface area contributed by atoms with Crippen molar-refractivity contribution in [2.75, 3.05) is 5.32 Å². The van der Waals surface area contributed by atoms with Crippen molar-refractivity contribution in [3.63, 3.8) is 0 Å². The molecule has 1 heterocycles. The van der Waals surface area contributed by atoms with Gasteiger partial charge in [0.15, 0.2) is 0 Å². The molecule has 0 amide bonds.